The zero-order chi connectivity index (χ0) is 12.6. The van der Waals surface area contributed by atoms with Gasteiger partial charge in [0.2, 0.25) is 5.95 Å². The molecule has 0 radical (unpaired) electrons. The standard InChI is InChI=1S/C12H15N3O2S/c1-12(2)16-7-9(17-12)6-14-11-13-5-8-3-4-18-10(8)15-11/h3-5,9H,6-7H2,1-2H3,(H,13,14,15). The van der Waals surface area contributed by atoms with Gasteiger partial charge in [-0.25, -0.2) is 9.97 Å². The van der Waals surface area contributed by atoms with E-state index in [9.17, 15) is 0 Å². The maximum absolute atomic E-state index is 5.71. The van der Waals surface area contributed by atoms with Crippen LogP contribution in [0.15, 0.2) is 17.6 Å². The molecule has 0 spiro atoms. The molecule has 1 fully saturated rings. The first-order valence-corrected chi connectivity index (χ1v) is 6.76. The van der Waals surface area contributed by atoms with E-state index < -0.39 is 5.79 Å². The second-order valence-corrected chi connectivity index (χ2v) is 5.60. The molecular weight excluding hydrogens is 250 g/mol. The van der Waals surface area contributed by atoms with Crippen LogP contribution in [0.3, 0.4) is 0 Å². The Morgan fingerprint density at radius 3 is 3.22 bits per heavy atom. The van der Waals surface area contributed by atoms with Crippen molar-refractivity contribution in [3.05, 3.63) is 17.6 Å². The molecule has 0 saturated carbocycles. The molecule has 1 aliphatic rings. The first-order valence-electron chi connectivity index (χ1n) is 5.88. The number of thiophene rings is 1. The highest BCUT2D eigenvalue weighted by Crippen LogP contribution is 2.23. The topological polar surface area (TPSA) is 56.3 Å². The second-order valence-electron chi connectivity index (χ2n) is 4.71. The van der Waals surface area contributed by atoms with Gasteiger partial charge in [0.05, 0.1) is 6.61 Å². The van der Waals surface area contributed by atoms with Crippen molar-refractivity contribution in [3.63, 3.8) is 0 Å². The summed E-state index contributed by atoms with van der Waals surface area (Å²) >= 11 is 1.61. The largest absolute Gasteiger partial charge is 0.351 e. The molecule has 1 unspecified atom stereocenters. The number of hydrogen-bond donors (Lipinski definition) is 1. The van der Waals surface area contributed by atoms with Gasteiger partial charge in [0.15, 0.2) is 5.79 Å². The van der Waals surface area contributed by atoms with Crippen LogP contribution in [0.5, 0.6) is 0 Å². The number of aromatic nitrogens is 2. The Kier molecular flexibility index (Phi) is 2.93. The van der Waals surface area contributed by atoms with Crippen LogP contribution >= 0.6 is 11.3 Å². The summed E-state index contributed by atoms with van der Waals surface area (Å²) in [6.45, 7) is 5.09. The van der Waals surface area contributed by atoms with Crippen molar-refractivity contribution in [1.82, 2.24) is 9.97 Å². The summed E-state index contributed by atoms with van der Waals surface area (Å²) in [5.41, 5.74) is 0. The fourth-order valence-corrected chi connectivity index (χ4v) is 2.65. The lowest BCUT2D eigenvalue weighted by Gasteiger charge is -2.17. The average Bonchev–Trinajstić information content (AvgIpc) is 2.92. The van der Waals surface area contributed by atoms with E-state index in [0.717, 1.165) is 10.2 Å². The molecule has 6 heteroatoms. The zero-order valence-corrected chi connectivity index (χ0v) is 11.2. The van der Waals surface area contributed by atoms with Crippen molar-refractivity contribution in [2.75, 3.05) is 18.5 Å². The number of nitrogens with one attached hydrogen (secondary N) is 1. The van der Waals surface area contributed by atoms with E-state index in [4.69, 9.17) is 9.47 Å². The molecule has 1 saturated heterocycles. The molecule has 0 bridgehead atoms. The van der Waals surface area contributed by atoms with Crippen LogP contribution in [-0.2, 0) is 9.47 Å². The third kappa shape index (κ3) is 2.45. The lowest BCUT2D eigenvalue weighted by atomic mass is 10.3. The Balaban J connectivity index is 1.63. The predicted molar refractivity (Wildman–Crippen MR) is 70.8 cm³/mol. The maximum Gasteiger partial charge on any atom is 0.224 e. The van der Waals surface area contributed by atoms with E-state index in [1.807, 2.05) is 31.5 Å². The minimum Gasteiger partial charge on any atom is -0.351 e. The van der Waals surface area contributed by atoms with Crippen molar-refractivity contribution in [2.45, 2.75) is 25.7 Å². The molecule has 3 rings (SSSR count). The van der Waals surface area contributed by atoms with Crippen LogP contribution in [0, 0.1) is 0 Å². The molecule has 2 aromatic rings. The zero-order valence-electron chi connectivity index (χ0n) is 10.3. The SMILES string of the molecule is CC1(C)OCC(CNc2ncc3ccsc3n2)O1. The summed E-state index contributed by atoms with van der Waals surface area (Å²) in [4.78, 5) is 9.69. The Labute approximate surface area is 109 Å². The van der Waals surface area contributed by atoms with Gasteiger partial charge < -0.3 is 14.8 Å². The number of anilines is 1. The highest BCUT2D eigenvalue weighted by Gasteiger charge is 2.32. The van der Waals surface area contributed by atoms with Crippen molar-refractivity contribution in [2.24, 2.45) is 0 Å². The third-order valence-corrected chi connectivity index (χ3v) is 3.59. The van der Waals surface area contributed by atoms with Gasteiger partial charge in [-0.15, -0.1) is 11.3 Å². The normalized spacial score (nSPS) is 22.4. The molecule has 1 aliphatic heterocycles. The summed E-state index contributed by atoms with van der Waals surface area (Å²) < 4.78 is 11.2. The Morgan fingerprint density at radius 1 is 1.56 bits per heavy atom. The van der Waals surface area contributed by atoms with Gasteiger partial charge in [-0.2, -0.15) is 0 Å². The number of ether oxygens (including phenoxy) is 2. The molecule has 0 aromatic carbocycles. The van der Waals surface area contributed by atoms with Gasteiger partial charge in [-0.3, -0.25) is 0 Å². The lowest BCUT2D eigenvalue weighted by molar-refractivity contribution is -0.136. The summed E-state index contributed by atoms with van der Waals surface area (Å²) in [7, 11) is 0. The summed E-state index contributed by atoms with van der Waals surface area (Å²) in [6, 6.07) is 2.01. The first-order chi connectivity index (χ1) is 8.62. The highest BCUT2D eigenvalue weighted by atomic mass is 32.1. The lowest BCUT2D eigenvalue weighted by Crippen LogP contribution is -2.26. The van der Waals surface area contributed by atoms with Crippen molar-refractivity contribution in [1.29, 1.82) is 0 Å². The van der Waals surface area contributed by atoms with E-state index in [2.05, 4.69) is 15.3 Å². The maximum atomic E-state index is 5.71. The predicted octanol–water partition coefficient (Wildman–Crippen LogP) is 2.25. The monoisotopic (exact) mass is 265 g/mol. The fourth-order valence-electron chi connectivity index (χ4n) is 1.91. The van der Waals surface area contributed by atoms with Gasteiger partial charge >= 0.3 is 0 Å². The first kappa shape index (κ1) is 11.8. The molecule has 2 aromatic heterocycles. The van der Waals surface area contributed by atoms with Crippen molar-refractivity contribution in [3.8, 4) is 0 Å². The summed E-state index contributed by atoms with van der Waals surface area (Å²) in [6.07, 6.45) is 1.87. The van der Waals surface area contributed by atoms with E-state index in [-0.39, 0.29) is 6.10 Å². The summed E-state index contributed by atoms with van der Waals surface area (Å²) in [5.74, 6) is 0.156. The average molecular weight is 265 g/mol. The number of rotatable bonds is 3. The van der Waals surface area contributed by atoms with Crippen LogP contribution in [-0.4, -0.2) is 35.0 Å². The minimum atomic E-state index is -0.481. The Morgan fingerprint density at radius 2 is 2.44 bits per heavy atom. The van der Waals surface area contributed by atoms with Crippen LogP contribution in [0.4, 0.5) is 5.95 Å². The quantitative estimate of drug-likeness (QED) is 0.922. The third-order valence-electron chi connectivity index (χ3n) is 2.76. The van der Waals surface area contributed by atoms with Crippen LogP contribution in [0.1, 0.15) is 13.8 Å². The van der Waals surface area contributed by atoms with E-state index in [1.165, 1.54) is 0 Å². The summed E-state index contributed by atoms with van der Waals surface area (Å²) in [5, 5.41) is 6.28. The second kappa shape index (κ2) is 4.46. The number of fused-ring (bicyclic) bond motifs is 1. The van der Waals surface area contributed by atoms with E-state index >= 15 is 0 Å². The van der Waals surface area contributed by atoms with E-state index in [1.54, 1.807) is 11.3 Å². The van der Waals surface area contributed by atoms with Gasteiger partial charge in [0.1, 0.15) is 10.9 Å². The van der Waals surface area contributed by atoms with Crippen LogP contribution in [0.2, 0.25) is 0 Å². The van der Waals surface area contributed by atoms with E-state index in [0.29, 0.717) is 19.1 Å². The smallest absolute Gasteiger partial charge is 0.224 e. The van der Waals surface area contributed by atoms with Gasteiger partial charge in [-0.1, -0.05) is 0 Å². The number of nitrogens with zero attached hydrogens (tertiary/aromatic N) is 2. The molecule has 18 heavy (non-hydrogen) atoms. The number of hydrogen-bond acceptors (Lipinski definition) is 6. The fraction of sp³-hybridized carbons (Fsp3) is 0.500. The molecular formula is C12H15N3O2S. The van der Waals surface area contributed by atoms with Gasteiger partial charge in [0, 0.05) is 18.1 Å². The van der Waals surface area contributed by atoms with Crippen molar-refractivity contribution >= 4 is 27.5 Å². The molecule has 5 nitrogen and oxygen atoms in total. The van der Waals surface area contributed by atoms with Gasteiger partial charge in [-0.05, 0) is 25.3 Å². The van der Waals surface area contributed by atoms with Crippen LogP contribution < -0.4 is 5.32 Å². The molecule has 1 N–H and O–H groups in total. The molecule has 96 valence electrons. The van der Waals surface area contributed by atoms with Gasteiger partial charge in [0.25, 0.3) is 0 Å². The van der Waals surface area contributed by atoms with Crippen LogP contribution in [0.25, 0.3) is 10.2 Å². The molecule has 1 atom stereocenters. The molecule has 3 heterocycles. The van der Waals surface area contributed by atoms with Crippen molar-refractivity contribution < 1.29 is 9.47 Å². The highest BCUT2D eigenvalue weighted by molar-refractivity contribution is 7.16. The molecule has 0 amide bonds. The Bertz CT molecular complexity index is 555. The Hall–Kier alpha value is -1.24. The minimum absolute atomic E-state index is 0.0441. The molecule has 0 aliphatic carbocycles.